The zero-order valence-electron chi connectivity index (χ0n) is 9.56. The van der Waals surface area contributed by atoms with E-state index in [-0.39, 0.29) is 0 Å². The average Bonchev–Trinajstić information content (AvgIpc) is 2.95. The maximum absolute atomic E-state index is 4.34. The summed E-state index contributed by atoms with van der Waals surface area (Å²) in [5.74, 6) is 0.804. The van der Waals surface area contributed by atoms with Crippen LogP contribution >= 0.6 is 0 Å². The predicted octanol–water partition coefficient (Wildman–Crippen LogP) is 2.41. The lowest BCUT2D eigenvalue weighted by Gasteiger charge is -2.06. The molecule has 0 aliphatic rings. The van der Waals surface area contributed by atoms with Crippen LogP contribution in [0.1, 0.15) is 0 Å². The first-order valence-electron chi connectivity index (χ1n) is 5.55. The molecule has 5 nitrogen and oxygen atoms in total. The van der Waals surface area contributed by atoms with Gasteiger partial charge in [-0.2, -0.15) is 0 Å². The summed E-state index contributed by atoms with van der Waals surface area (Å²) in [4.78, 5) is 4.34. The van der Waals surface area contributed by atoms with E-state index in [1.54, 1.807) is 23.4 Å². The standard InChI is InChI=1S/C13H11N5/c1-2-4-11(5-3-1)17-13-7-6-12(8-14-13)18-9-15-16-10-18/h1-10H,(H,14,17). The van der Waals surface area contributed by atoms with E-state index in [0.29, 0.717) is 0 Å². The third-order valence-electron chi connectivity index (χ3n) is 2.51. The summed E-state index contributed by atoms with van der Waals surface area (Å²) in [6.45, 7) is 0. The van der Waals surface area contributed by atoms with Crippen molar-refractivity contribution in [3.63, 3.8) is 0 Å². The molecule has 0 radical (unpaired) electrons. The third kappa shape index (κ3) is 2.20. The predicted molar refractivity (Wildman–Crippen MR) is 68.9 cm³/mol. The van der Waals surface area contributed by atoms with Crippen molar-refractivity contribution in [3.05, 3.63) is 61.3 Å². The lowest BCUT2D eigenvalue weighted by molar-refractivity contribution is 1.04. The number of rotatable bonds is 3. The largest absolute Gasteiger partial charge is 0.340 e. The highest BCUT2D eigenvalue weighted by atomic mass is 15.2. The summed E-state index contributed by atoms with van der Waals surface area (Å²) >= 11 is 0. The Labute approximate surface area is 104 Å². The first-order chi connectivity index (χ1) is 8.92. The fraction of sp³-hybridized carbons (Fsp3) is 0. The fourth-order valence-electron chi connectivity index (χ4n) is 1.62. The topological polar surface area (TPSA) is 55.6 Å². The van der Waals surface area contributed by atoms with E-state index >= 15 is 0 Å². The van der Waals surface area contributed by atoms with Crippen LogP contribution in [0.3, 0.4) is 0 Å². The molecule has 2 aromatic heterocycles. The number of pyridine rings is 1. The Morgan fingerprint density at radius 3 is 2.33 bits per heavy atom. The quantitative estimate of drug-likeness (QED) is 0.760. The van der Waals surface area contributed by atoms with Crippen LogP contribution in [0.25, 0.3) is 5.69 Å². The van der Waals surface area contributed by atoms with Gasteiger partial charge < -0.3 is 5.32 Å². The molecular weight excluding hydrogens is 226 g/mol. The number of hydrogen-bond acceptors (Lipinski definition) is 4. The van der Waals surface area contributed by atoms with E-state index in [4.69, 9.17) is 0 Å². The van der Waals surface area contributed by atoms with Crippen molar-refractivity contribution in [1.82, 2.24) is 19.7 Å². The molecule has 0 aliphatic heterocycles. The molecule has 88 valence electrons. The Bertz CT molecular complexity index is 602. The number of hydrogen-bond donors (Lipinski definition) is 1. The van der Waals surface area contributed by atoms with Gasteiger partial charge in [-0.25, -0.2) is 4.98 Å². The number of para-hydroxylation sites is 1. The molecule has 0 fully saturated rings. The maximum Gasteiger partial charge on any atom is 0.130 e. The van der Waals surface area contributed by atoms with Crippen molar-refractivity contribution < 1.29 is 0 Å². The average molecular weight is 237 g/mol. The molecule has 0 spiro atoms. The minimum Gasteiger partial charge on any atom is -0.340 e. The smallest absolute Gasteiger partial charge is 0.130 e. The number of nitrogens with one attached hydrogen (secondary N) is 1. The first kappa shape index (κ1) is 10.5. The molecule has 5 heteroatoms. The zero-order chi connectivity index (χ0) is 12.2. The van der Waals surface area contributed by atoms with Crippen LogP contribution in [-0.2, 0) is 0 Å². The minimum atomic E-state index is 0.804. The fourth-order valence-corrected chi connectivity index (χ4v) is 1.62. The molecule has 1 N–H and O–H groups in total. The molecular formula is C13H11N5. The molecule has 3 rings (SSSR count). The molecule has 0 bridgehead atoms. The number of anilines is 2. The van der Waals surface area contributed by atoms with Gasteiger partial charge in [0.2, 0.25) is 0 Å². The summed E-state index contributed by atoms with van der Waals surface area (Å²) < 4.78 is 1.80. The van der Waals surface area contributed by atoms with Gasteiger partial charge >= 0.3 is 0 Å². The SMILES string of the molecule is c1ccc(Nc2ccc(-n3cnnc3)cn2)cc1. The molecule has 1 aromatic carbocycles. The second kappa shape index (κ2) is 4.67. The Kier molecular flexibility index (Phi) is 2.71. The maximum atomic E-state index is 4.34. The lowest BCUT2D eigenvalue weighted by Crippen LogP contribution is -1.95. The van der Waals surface area contributed by atoms with Crippen molar-refractivity contribution in [1.29, 1.82) is 0 Å². The van der Waals surface area contributed by atoms with Gasteiger partial charge in [0.15, 0.2) is 0 Å². The van der Waals surface area contributed by atoms with Crippen molar-refractivity contribution in [2.75, 3.05) is 5.32 Å². The molecule has 0 atom stereocenters. The zero-order valence-corrected chi connectivity index (χ0v) is 9.56. The van der Waals surface area contributed by atoms with Gasteiger partial charge in [0, 0.05) is 5.69 Å². The van der Waals surface area contributed by atoms with E-state index in [1.807, 2.05) is 42.5 Å². The highest BCUT2D eigenvalue weighted by Crippen LogP contribution is 2.14. The van der Waals surface area contributed by atoms with Crippen molar-refractivity contribution >= 4 is 11.5 Å². The molecule has 0 saturated carbocycles. The van der Waals surface area contributed by atoms with Crippen LogP contribution in [0.15, 0.2) is 61.3 Å². The van der Waals surface area contributed by atoms with Crippen LogP contribution in [-0.4, -0.2) is 19.7 Å². The van der Waals surface area contributed by atoms with E-state index < -0.39 is 0 Å². The van der Waals surface area contributed by atoms with E-state index in [0.717, 1.165) is 17.2 Å². The van der Waals surface area contributed by atoms with Crippen LogP contribution < -0.4 is 5.32 Å². The van der Waals surface area contributed by atoms with Crippen LogP contribution in [0.5, 0.6) is 0 Å². The van der Waals surface area contributed by atoms with E-state index in [1.165, 1.54) is 0 Å². The van der Waals surface area contributed by atoms with Crippen molar-refractivity contribution in [2.45, 2.75) is 0 Å². The van der Waals surface area contributed by atoms with E-state index in [9.17, 15) is 0 Å². The summed E-state index contributed by atoms with van der Waals surface area (Å²) in [7, 11) is 0. The molecule has 3 aromatic rings. The van der Waals surface area contributed by atoms with Crippen molar-refractivity contribution in [2.24, 2.45) is 0 Å². The van der Waals surface area contributed by atoms with Gasteiger partial charge in [-0.1, -0.05) is 18.2 Å². The normalized spacial score (nSPS) is 10.2. The molecule has 0 amide bonds. The number of nitrogens with zero attached hydrogens (tertiary/aromatic N) is 4. The molecule has 18 heavy (non-hydrogen) atoms. The number of benzene rings is 1. The molecule has 0 unspecified atom stereocenters. The monoisotopic (exact) mass is 237 g/mol. The second-order valence-electron chi connectivity index (χ2n) is 3.76. The molecule has 0 saturated heterocycles. The summed E-state index contributed by atoms with van der Waals surface area (Å²) in [5.41, 5.74) is 1.95. The third-order valence-corrected chi connectivity index (χ3v) is 2.51. The van der Waals surface area contributed by atoms with Gasteiger partial charge in [0.05, 0.1) is 11.9 Å². The Balaban J connectivity index is 1.80. The van der Waals surface area contributed by atoms with Gasteiger partial charge in [0.1, 0.15) is 18.5 Å². The Hall–Kier alpha value is -2.69. The van der Waals surface area contributed by atoms with E-state index in [2.05, 4.69) is 20.5 Å². The van der Waals surface area contributed by atoms with Crippen molar-refractivity contribution in [3.8, 4) is 5.69 Å². The van der Waals surface area contributed by atoms with Crippen LogP contribution in [0.2, 0.25) is 0 Å². The van der Waals surface area contributed by atoms with Gasteiger partial charge in [0.25, 0.3) is 0 Å². The van der Waals surface area contributed by atoms with Crippen LogP contribution in [0, 0.1) is 0 Å². The van der Waals surface area contributed by atoms with Gasteiger partial charge in [-0.05, 0) is 24.3 Å². The molecule has 0 aliphatic carbocycles. The Morgan fingerprint density at radius 2 is 1.67 bits per heavy atom. The number of aromatic nitrogens is 4. The Morgan fingerprint density at radius 1 is 0.889 bits per heavy atom. The highest BCUT2D eigenvalue weighted by Gasteiger charge is 1.98. The summed E-state index contributed by atoms with van der Waals surface area (Å²) in [6, 6.07) is 13.8. The summed E-state index contributed by atoms with van der Waals surface area (Å²) in [6.07, 6.45) is 5.05. The first-order valence-corrected chi connectivity index (χ1v) is 5.55. The highest BCUT2D eigenvalue weighted by molar-refractivity contribution is 5.56. The second-order valence-corrected chi connectivity index (χ2v) is 3.76. The van der Waals surface area contributed by atoms with Gasteiger partial charge in [-0.15, -0.1) is 10.2 Å². The van der Waals surface area contributed by atoms with Crippen LogP contribution in [0.4, 0.5) is 11.5 Å². The van der Waals surface area contributed by atoms with Gasteiger partial charge in [-0.3, -0.25) is 4.57 Å². The minimum absolute atomic E-state index is 0.804. The molecule has 2 heterocycles. The lowest BCUT2D eigenvalue weighted by atomic mass is 10.3. The summed E-state index contributed by atoms with van der Waals surface area (Å²) in [5, 5.41) is 10.7.